The number of aliphatic hydroxyl groups excluding tert-OH is 2. The van der Waals surface area contributed by atoms with Crippen molar-refractivity contribution in [1.29, 1.82) is 0 Å². The molecule has 0 aromatic rings. The minimum atomic E-state index is -1.57. The van der Waals surface area contributed by atoms with Crippen LogP contribution in [0.2, 0.25) is 0 Å². The second-order valence-electron chi connectivity index (χ2n) is 16.3. The molecule has 0 bridgehead atoms. The summed E-state index contributed by atoms with van der Waals surface area (Å²) in [6, 6.07) is 0. The van der Waals surface area contributed by atoms with Gasteiger partial charge in [0.05, 0.1) is 60.5 Å². The summed E-state index contributed by atoms with van der Waals surface area (Å²) in [6.07, 6.45) is 2.81. The lowest BCUT2D eigenvalue weighted by atomic mass is 9.78. The zero-order valence-electron chi connectivity index (χ0n) is 30.4. The fraction of sp³-hybridized carbons (Fsp3) is 0.972. The first kappa shape index (κ1) is 40.2. The van der Waals surface area contributed by atoms with E-state index >= 15 is 0 Å². The predicted octanol–water partition coefficient (Wildman–Crippen LogP) is 3.36. The Morgan fingerprint density at radius 2 is 1.73 bits per heavy atom. The number of carbonyl (C=O) groups excluding carboxylic acids is 1. The highest BCUT2D eigenvalue weighted by atomic mass is 35.5. The number of carbonyl (C=O) groups is 1. The number of aliphatic carboxylic acids is 1. The summed E-state index contributed by atoms with van der Waals surface area (Å²) in [7, 11) is 1.50. The number of aliphatic hydroxyl groups is 3. The minimum Gasteiger partial charge on any atom is -0.550 e. The fourth-order valence-corrected chi connectivity index (χ4v) is 9.91. The van der Waals surface area contributed by atoms with Crippen LogP contribution in [0.3, 0.4) is 0 Å². The van der Waals surface area contributed by atoms with Crippen LogP contribution in [0.5, 0.6) is 0 Å². The van der Waals surface area contributed by atoms with Gasteiger partial charge in [-0.05, 0) is 57.3 Å². The number of hydrogen-bond acceptors (Lipinski definition) is 11. The Morgan fingerprint density at radius 1 is 1.04 bits per heavy atom. The first-order valence-electron chi connectivity index (χ1n) is 18.1. The highest BCUT2D eigenvalue weighted by Gasteiger charge is 2.62. The van der Waals surface area contributed by atoms with Crippen molar-refractivity contribution < 1.29 is 53.6 Å². The first-order chi connectivity index (χ1) is 22.0. The van der Waals surface area contributed by atoms with Crippen LogP contribution in [0.15, 0.2) is 0 Å². The van der Waals surface area contributed by atoms with Crippen LogP contribution in [0, 0.1) is 35.5 Å². The lowest BCUT2D eigenvalue weighted by Crippen LogP contribution is -2.57. The summed E-state index contributed by atoms with van der Waals surface area (Å²) in [5.41, 5.74) is -1.16. The highest BCUT2D eigenvalue weighted by Crippen LogP contribution is 2.55. The van der Waals surface area contributed by atoms with Crippen molar-refractivity contribution in [3.8, 4) is 0 Å². The standard InChI is InChI=1S/C36H62O11.ClH/c1-10-34(31-20(3)16-26(43-31)28-19(2)15-21(4)36(41,18-37)46-28)12-11-27(44-34)33(8)13-14-35(47-33)17-25(38)22(5)30(45-35)23(6)29(42-9)24(7)32(39)40;/h19-31,37-38,41H,10-18H2,1-9H3,(H,39,40);1H/p-1/t19-,20-,21+,22+,23-,24-,25-,26+,27+,28-,29+,30-,31+,33-,34-,35+,36-;/m0./s1. The molecule has 5 saturated heterocycles. The molecule has 5 fully saturated rings. The number of carboxylic acids is 1. The molecular formula is C36H62ClO11-. The minimum absolute atomic E-state index is 0. The quantitative estimate of drug-likeness (QED) is 0.306. The van der Waals surface area contributed by atoms with Gasteiger partial charge in [-0.15, -0.1) is 12.4 Å². The Balaban J connectivity index is 0.00000520. The van der Waals surface area contributed by atoms with E-state index in [1.54, 1.807) is 6.92 Å². The second-order valence-corrected chi connectivity index (χ2v) is 16.3. The summed E-state index contributed by atoms with van der Waals surface area (Å²) in [4.78, 5) is 11.7. The molecule has 48 heavy (non-hydrogen) atoms. The van der Waals surface area contributed by atoms with Crippen LogP contribution in [0.4, 0.5) is 0 Å². The van der Waals surface area contributed by atoms with Gasteiger partial charge in [-0.25, -0.2) is 0 Å². The summed E-state index contributed by atoms with van der Waals surface area (Å²) >= 11 is 0. The smallest absolute Gasteiger partial charge is 0.192 e. The van der Waals surface area contributed by atoms with E-state index in [9.17, 15) is 25.2 Å². The van der Waals surface area contributed by atoms with Gasteiger partial charge in [0.2, 0.25) is 0 Å². The van der Waals surface area contributed by atoms with Gasteiger partial charge in [-0.3, -0.25) is 0 Å². The van der Waals surface area contributed by atoms with Crippen molar-refractivity contribution in [2.45, 2.75) is 172 Å². The molecule has 0 saturated carbocycles. The molecule has 0 unspecified atom stereocenters. The van der Waals surface area contributed by atoms with Gasteiger partial charge in [0.15, 0.2) is 11.6 Å². The van der Waals surface area contributed by atoms with Gasteiger partial charge in [-0.1, -0.05) is 48.5 Å². The molecule has 0 amide bonds. The first-order valence-corrected chi connectivity index (χ1v) is 18.1. The maximum Gasteiger partial charge on any atom is 0.192 e. The summed E-state index contributed by atoms with van der Waals surface area (Å²) < 4.78 is 39.3. The molecular weight excluding hydrogens is 644 g/mol. The largest absolute Gasteiger partial charge is 0.550 e. The number of methoxy groups -OCH3 is 1. The van der Waals surface area contributed by atoms with Crippen LogP contribution in [0.1, 0.15) is 107 Å². The lowest BCUT2D eigenvalue weighted by Gasteiger charge is -2.49. The molecule has 12 heteroatoms. The second kappa shape index (κ2) is 14.8. The summed E-state index contributed by atoms with van der Waals surface area (Å²) in [5, 5.41) is 43.9. The maximum atomic E-state index is 11.7. The summed E-state index contributed by atoms with van der Waals surface area (Å²) in [5.74, 6) is -4.97. The Morgan fingerprint density at radius 3 is 2.33 bits per heavy atom. The van der Waals surface area contributed by atoms with Crippen molar-refractivity contribution in [2.24, 2.45) is 35.5 Å². The van der Waals surface area contributed by atoms with E-state index in [2.05, 4.69) is 27.7 Å². The van der Waals surface area contributed by atoms with Crippen LogP contribution < -0.4 is 5.11 Å². The molecule has 11 nitrogen and oxygen atoms in total. The van der Waals surface area contributed by atoms with Crippen molar-refractivity contribution in [3.63, 3.8) is 0 Å². The van der Waals surface area contributed by atoms with E-state index in [0.29, 0.717) is 19.3 Å². The fourth-order valence-electron chi connectivity index (χ4n) is 9.91. The molecule has 0 aromatic heterocycles. The van der Waals surface area contributed by atoms with Crippen molar-refractivity contribution >= 4 is 18.4 Å². The molecule has 5 heterocycles. The van der Waals surface area contributed by atoms with E-state index in [1.807, 2.05) is 20.8 Å². The average Bonchev–Trinajstić information content (AvgIpc) is 3.73. The topological polar surface area (TPSA) is 156 Å². The zero-order valence-corrected chi connectivity index (χ0v) is 31.2. The molecule has 280 valence electrons. The van der Waals surface area contributed by atoms with Crippen molar-refractivity contribution in [2.75, 3.05) is 13.7 Å². The van der Waals surface area contributed by atoms with Gasteiger partial charge in [-0.2, -0.15) is 0 Å². The Labute approximate surface area is 293 Å². The van der Waals surface area contributed by atoms with E-state index < -0.39 is 59.6 Å². The Kier molecular flexibility index (Phi) is 12.4. The van der Waals surface area contributed by atoms with Gasteiger partial charge in [0, 0.05) is 49.6 Å². The van der Waals surface area contributed by atoms with Crippen LogP contribution in [0.25, 0.3) is 0 Å². The van der Waals surface area contributed by atoms with Gasteiger partial charge in [0.1, 0.15) is 0 Å². The summed E-state index contributed by atoms with van der Waals surface area (Å²) in [6.45, 7) is 15.4. The third-order valence-electron chi connectivity index (χ3n) is 13.0. The van der Waals surface area contributed by atoms with E-state index in [4.69, 9.17) is 28.4 Å². The zero-order chi connectivity index (χ0) is 34.7. The van der Waals surface area contributed by atoms with Gasteiger partial charge < -0.3 is 53.6 Å². The molecule has 5 aliphatic heterocycles. The van der Waals surface area contributed by atoms with Crippen LogP contribution in [-0.2, 0) is 33.2 Å². The molecule has 0 radical (unpaired) electrons. The third-order valence-corrected chi connectivity index (χ3v) is 13.0. The van der Waals surface area contributed by atoms with E-state index in [1.165, 1.54) is 7.11 Å². The molecule has 3 N–H and O–H groups in total. The molecule has 5 rings (SSSR count). The SMILES string of the molecule is CC[C@@]1([C@@H]2O[C@@H]([C@H]3O[C@@](O)(CO)[C@H](C)C[C@@H]3C)C[C@@H]2C)CC[C@H]([C@]2(C)CC[C@]3(C[C@H](O)[C@@H](C)[C@@H]([C@@H](C)[C@@H](OC)[C@H](C)C(=O)[O-])O3)O2)O1.Cl. The molecule has 17 atom stereocenters. The average molecular weight is 706 g/mol. The van der Waals surface area contributed by atoms with Gasteiger partial charge in [0.25, 0.3) is 0 Å². The maximum absolute atomic E-state index is 11.7. The van der Waals surface area contributed by atoms with Crippen LogP contribution in [-0.4, -0.2) is 101 Å². The number of rotatable bonds is 10. The monoisotopic (exact) mass is 705 g/mol. The third kappa shape index (κ3) is 7.08. The predicted molar refractivity (Wildman–Crippen MR) is 177 cm³/mol. The highest BCUT2D eigenvalue weighted by molar-refractivity contribution is 5.85. The molecule has 0 aromatic carbocycles. The van der Waals surface area contributed by atoms with Crippen molar-refractivity contribution in [3.05, 3.63) is 0 Å². The van der Waals surface area contributed by atoms with E-state index in [0.717, 1.165) is 32.1 Å². The number of carboxylic acid groups (broad SMARTS) is 1. The van der Waals surface area contributed by atoms with E-state index in [-0.39, 0.29) is 66.4 Å². The van der Waals surface area contributed by atoms with Gasteiger partial charge >= 0.3 is 0 Å². The molecule has 1 spiro atoms. The normalized spacial score (nSPS) is 49.8. The van der Waals surface area contributed by atoms with Crippen LogP contribution >= 0.6 is 12.4 Å². The lowest BCUT2D eigenvalue weighted by molar-refractivity contribution is -0.338. The Bertz CT molecular complexity index is 1110. The molecule has 0 aliphatic carbocycles. The number of hydrogen-bond donors (Lipinski definition) is 3. The number of ether oxygens (including phenoxy) is 6. The van der Waals surface area contributed by atoms with Crippen molar-refractivity contribution in [1.82, 2.24) is 0 Å². The molecule has 5 aliphatic rings. The Hall–Kier alpha value is -0.600. The number of halogens is 1.